The maximum atomic E-state index is 13.0. The molecule has 98 valence electrons. The van der Waals surface area contributed by atoms with E-state index in [0.717, 1.165) is 36.9 Å². The van der Waals surface area contributed by atoms with Gasteiger partial charge in [-0.3, -0.25) is 0 Å². The van der Waals surface area contributed by atoms with Crippen molar-refractivity contribution in [2.45, 2.75) is 25.7 Å². The van der Waals surface area contributed by atoms with Crippen LogP contribution >= 0.6 is 0 Å². The molecule has 0 spiro atoms. The quantitative estimate of drug-likeness (QED) is 0.903. The van der Waals surface area contributed by atoms with Crippen LogP contribution in [0, 0.1) is 5.82 Å². The molecule has 1 aliphatic carbocycles. The summed E-state index contributed by atoms with van der Waals surface area (Å²) >= 11 is 0. The molecule has 0 atom stereocenters. The van der Waals surface area contributed by atoms with Crippen molar-refractivity contribution >= 4 is 5.97 Å². The van der Waals surface area contributed by atoms with Crippen LogP contribution in [0.25, 0.3) is 5.69 Å². The minimum absolute atomic E-state index is 0.124. The number of aromatic nitrogens is 2. The van der Waals surface area contributed by atoms with Gasteiger partial charge in [-0.25, -0.2) is 13.9 Å². The van der Waals surface area contributed by atoms with Crippen molar-refractivity contribution in [1.82, 2.24) is 9.78 Å². The van der Waals surface area contributed by atoms with Crippen molar-refractivity contribution in [2.24, 2.45) is 0 Å². The second-order valence-electron chi connectivity index (χ2n) is 4.67. The molecule has 1 aliphatic rings. The Morgan fingerprint density at radius 1 is 1.21 bits per heavy atom. The molecule has 1 aromatic carbocycles. The number of hydrogen-bond acceptors (Lipinski definition) is 2. The first-order valence-electron chi connectivity index (χ1n) is 6.27. The number of hydrogen-bond donors (Lipinski definition) is 1. The van der Waals surface area contributed by atoms with Crippen LogP contribution in [0.2, 0.25) is 0 Å². The predicted octanol–water partition coefficient (Wildman–Crippen LogP) is 2.59. The van der Waals surface area contributed by atoms with E-state index in [9.17, 15) is 14.3 Å². The normalized spacial score (nSPS) is 14.2. The number of nitrogens with zero attached hydrogens (tertiary/aromatic N) is 2. The molecule has 0 aliphatic heterocycles. The Balaban J connectivity index is 2.16. The Hall–Kier alpha value is -2.17. The number of carbonyl (C=O) groups is 1. The van der Waals surface area contributed by atoms with Crippen molar-refractivity contribution < 1.29 is 14.3 Å². The van der Waals surface area contributed by atoms with Gasteiger partial charge >= 0.3 is 5.97 Å². The molecule has 0 bridgehead atoms. The molecule has 0 radical (unpaired) electrons. The first-order valence-corrected chi connectivity index (χ1v) is 6.27. The summed E-state index contributed by atoms with van der Waals surface area (Å²) in [5, 5.41) is 13.4. The van der Waals surface area contributed by atoms with Gasteiger partial charge in [0.1, 0.15) is 5.82 Å². The lowest BCUT2D eigenvalue weighted by atomic mass is 9.95. The minimum atomic E-state index is -1.00. The summed E-state index contributed by atoms with van der Waals surface area (Å²) in [6, 6.07) is 5.94. The molecule has 4 nitrogen and oxygen atoms in total. The highest BCUT2D eigenvalue weighted by molar-refractivity contribution is 5.87. The van der Waals surface area contributed by atoms with E-state index in [1.807, 2.05) is 0 Å². The van der Waals surface area contributed by atoms with Crippen LogP contribution in [0.3, 0.4) is 0 Å². The van der Waals surface area contributed by atoms with Gasteiger partial charge in [0.15, 0.2) is 5.69 Å². The van der Waals surface area contributed by atoms with Crippen LogP contribution in [-0.4, -0.2) is 20.9 Å². The number of halogens is 1. The van der Waals surface area contributed by atoms with Gasteiger partial charge in [0.25, 0.3) is 0 Å². The molecule has 19 heavy (non-hydrogen) atoms. The molecule has 5 heteroatoms. The van der Waals surface area contributed by atoms with Gasteiger partial charge in [0.2, 0.25) is 0 Å². The lowest BCUT2D eigenvalue weighted by Crippen LogP contribution is -2.08. The molecule has 1 aromatic heterocycles. The average Bonchev–Trinajstić information content (AvgIpc) is 2.79. The van der Waals surface area contributed by atoms with Gasteiger partial charge in [-0.2, -0.15) is 5.10 Å². The van der Waals surface area contributed by atoms with Crippen LogP contribution in [0.4, 0.5) is 4.39 Å². The first kappa shape index (κ1) is 11.9. The predicted molar refractivity (Wildman–Crippen MR) is 67.1 cm³/mol. The number of rotatable bonds is 2. The van der Waals surface area contributed by atoms with Gasteiger partial charge in [0, 0.05) is 11.3 Å². The Kier molecular flexibility index (Phi) is 2.81. The van der Waals surface area contributed by atoms with E-state index >= 15 is 0 Å². The van der Waals surface area contributed by atoms with Crippen molar-refractivity contribution in [3.63, 3.8) is 0 Å². The zero-order chi connectivity index (χ0) is 13.4. The number of benzene rings is 1. The highest BCUT2D eigenvalue weighted by atomic mass is 19.1. The summed E-state index contributed by atoms with van der Waals surface area (Å²) in [4.78, 5) is 11.2. The molecule has 0 fully saturated rings. The monoisotopic (exact) mass is 260 g/mol. The molecular formula is C14H13FN2O2. The lowest BCUT2D eigenvalue weighted by molar-refractivity contribution is 0.0688. The minimum Gasteiger partial charge on any atom is -0.476 e. The zero-order valence-corrected chi connectivity index (χ0v) is 10.3. The van der Waals surface area contributed by atoms with Crippen LogP contribution in [0.1, 0.15) is 34.6 Å². The highest BCUT2D eigenvalue weighted by Crippen LogP contribution is 2.27. The smallest absolute Gasteiger partial charge is 0.356 e. The van der Waals surface area contributed by atoms with Crippen LogP contribution in [-0.2, 0) is 12.8 Å². The molecular weight excluding hydrogens is 247 g/mol. The standard InChI is InChI=1S/C14H13FN2O2/c15-9-5-7-10(8-6-9)17-12-4-2-1-3-11(12)13(16-17)14(18)19/h5-8H,1-4H2,(H,18,19). The van der Waals surface area contributed by atoms with Gasteiger partial charge in [-0.15, -0.1) is 0 Å². The van der Waals surface area contributed by atoms with Crippen molar-refractivity contribution in [1.29, 1.82) is 0 Å². The van der Waals surface area contributed by atoms with E-state index in [0.29, 0.717) is 5.69 Å². The first-order chi connectivity index (χ1) is 9.16. The number of aromatic carboxylic acids is 1. The van der Waals surface area contributed by atoms with Crippen LogP contribution in [0.5, 0.6) is 0 Å². The van der Waals surface area contributed by atoms with E-state index in [1.165, 1.54) is 12.1 Å². The molecule has 1 heterocycles. The summed E-state index contributed by atoms with van der Waals surface area (Å²) in [5.74, 6) is -1.32. The third-order valence-corrected chi connectivity index (χ3v) is 3.45. The third kappa shape index (κ3) is 2.01. The number of carboxylic acids is 1. The summed E-state index contributed by atoms with van der Waals surface area (Å²) in [5.41, 5.74) is 2.59. The topological polar surface area (TPSA) is 55.1 Å². The fourth-order valence-electron chi connectivity index (χ4n) is 2.57. The summed E-state index contributed by atoms with van der Waals surface area (Å²) in [6.45, 7) is 0. The zero-order valence-electron chi connectivity index (χ0n) is 10.3. The average molecular weight is 260 g/mol. The van der Waals surface area contributed by atoms with Crippen LogP contribution in [0.15, 0.2) is 24.3 Å². The molecule has 0 amide bonds. The van der Waals surface area contributed by atoms with Crippen molar-refractivity contribution in [3.05, 3.63) is 47.0 Å². The summed E-state index contributed by atoms with van der Waals surface area (Å²) in [6.07, 6.45) is 3.58. The second kappa shape index (κ2) is 4.50. The molecule has 1 N–H and O–H groups in total. The van der Waals surface area contributed by atoms with E-state index in [1.54, 1.807) is 16.8 Å². The maximum absolute atomic E-state index is 13.0. The molecule has 0 saturated heterocycles. The Labute approximate surface area is 109 Å². The molecule has 0 unspecified atom stereocenters. The third-order valence-electron chi connectivity index (χ3n) is 3.45. The van der Waals surface area contributed by atoms with Gasteiger partial charge in [-0.05, 0) is 49.9 Å². The lowest BCUT2D eigenvalue weighted by Gasteiger charge is -2.13. The fourth-order valence-corrected chi connectivity index (χ4v) is 2.57. The second-order valence-corrected chi connectivity index (χ2v) is 4.67. The Bertz CT molecular complexity index is 632. The van der Waals surface area contributed by atoms with Gasteiger partial charge < -0.3 is 5.11 Å². The van der Waals surface area contributed by atoms with E-state index in [4.69, 9.17) is 0 Å². The largest absolute Gasteiger partial charge is 0.476 e. The van der Waals surface area contributed by atoms with E-state index in [-0.39, 0.29) is 11.5 Å². The van der Waals surface area contributed by atoms with Crippen molar-refractivity contribution in [2.75, 3.05) is 0 Å². The van der Waals surface area contributed by atoms with Crippen LogP contribution < -0.4 is 0 Å². The van der Waals surface area contributed by atoms with Gasteiger partial charge in [0.05, 0.1) is 5.69 Å². The van der Waals surface area contributed by atoms with Gasteiger partial charge in [-0.1, -0.05) is 0 Å². The molecule has 0 saturated carbocycles. The summed E-state index contributed by atoms with van der Waals surface area (Å²) < 4.78 is 14.6. The maximum Gasteiger partial charge on any atom is 0.356 e. The Morgan fingerprint density at radius 3 is 2.58 bits per heavy atom. The highest BCUT2D eigenvalue weighted by Gasteiger charge is 2.25. The number of fused-ring (bicyclic) bond motifs is 1. The molecule has 2 aromatic rings. The van der Waals surface area contributed by atoms with E-state index in [2.05, 4.69) is 5.10 Å². The number of carboxylic acid groups (broad SMARTS) is 1. The SMILES string of the molecule is O=C(O)c1nn(-c2ccc(F)cc2)c2c1CCCC2. The summed E-state index contributed by atoms with van der Waals surface area (Å²) in [7, 11) is 0. The fraction of sp³-hybridized carbons (Fsp3) is 0.286. The van der Waals surface area contributed by atoms with Crippen molar-refractivity contribution in [3.8, 4) is 5.69 Å². The molecule has 3 rings (SSSR count). The van der Waals surface area contributed by atoms with E-state index < -0.39 is 5.97 Å². The Morgan fingerprint density at radius 2 is 1.89 bits per heavy atom.